The van der Waals surface area contributed by atoms with Crippen LogP contribution in [-0.4, -0.2) is 11.9 Å². The SMILES string of the molecule is NC1CCP1. The van der Waals surface area contributed by atoms with E-state index >= 15 is 0 Å². The molecule has 0 aliphatic carbocycles. The molecule has 0 aromatic rings. The highest BCUT2D eigenvalue weighted by atomic mass is 31.1. The van der Waals surface area contributed by atoms with Gasteiger partial charge in [0.2, 0.25) is 0 Å². The molecule has 0 amide bonds. The summed E-state index contributed by atoms with van der Waals surface area (Å²) >= 11 is 0. The minimum atomic E-state index is 0.593. The molecule has 1 nitrogen and oxygen atoms in total. The Labute approximate surface area is 33.7 Å². The van der Waals surface area contributed by atoms with Crippen molar-refractivity contribution in [3.8, 4) is 0 Å². The van der Waals surface area contributed by atoms with Crippen LogP contribution in [0, 0.1) is 0 Å². The van der Waals surface area contributed by atoms with Gasteiger partial charge in [0.1, 0.15) is 0 Å². The van der Waals surface area contributed by atoms with Crippen molar-refractivity contribution < 1.29 is 0 Å². The third-order valence-corrected chi connectivity index (χ3v) is 2.25. The highest BCUT2D eigenvalue weighted by molar-refractivity contribution is 7.40. The van der Waals surface area contributed by atoms with E-state index < -0.39 is 0 Å². The third kappa shape index (κ3) is 0.614. The Kier molecular flexibility index (Phi) is 0.884. The Bertz CT molecular complexity index is 33.9. The first-order chi connectivity index (χ1) is 2.39. The molecule has 1 aliphatic heterocycles. The van der Waals surface area contributed by atoms with Crippen molar-refractivity contribution in [2.45, 2.75) is 12.2 Å². The first-order valence-electron chi connectivity index (χ1n) is 1.88. The van der Waals surface area contributed by atoms with E-state index in [2.05, 4.69) is 0 Å². The average molecular weight is 89.1 g/mol. The fourth-order valence-corrected chi connectivity index (χ4v) is 0.933. The molecule has 0 aromatic carbocycles. The van der Waals surface area contributed by atoms with Gasteiger partial charge in [0, 0.05) is 5.78 Å². The molecule has 0 spiro atoms. The summed E-state index contributed by atoms with van der Waals surface area (Å²) in [7, 11) is 1.07. The van der Waals surface area contributed by atoms with Gasteiger partial charge < -0.3 is 5.73 Å². The van der Waals surface area contributed by atoms with E-state index in [0.717, 1.165) is 8.58 Å². The molecule has 1 rings (SSSR count). The van der Waals surface area contributed by atoms with Crippen molar-refractivity contribution in [3.05, 3.63) is 0 Å². The number of hydrogen-bond donors (Lipinski definition) is 1. The summed E-state index contributed by atoms with van der Waals surface area (Å²) in [6.07, 6.45) is 2.67. The molecule has 0 radical (unpaired) electrons. The van der Waals surface area contributed by atoms with Crippen LogP contribution in [0.15, 0.2) is 0 Å². The second kappa shape index (κ2) is 1.24. The zero-order valence-electron chi connectivity index (χ0n) is 3.07. The quantitative estimate of drug-likeness (QED) is 0.426. The lowest BCUT2D eigenvalue weighted by Gasteiger charge is -2.19. The van der Waals surface area contributed by atoms with Gasteiger partial charge in [-0.3, -0.25) is 0 Å². The average Bonchev–Trinajstić information content (AvgIpc) is 1.30. The van der Waals surface area contributed by atoms with Crippen molar-refractivity contribution in [1.29, 1.82) is 0 Å². The summed E-state index contributed by atoms with van der Waals surface area (Å²) in [5.41, 5.74) is 5.39. The number of nitrogens with two attached hydrogens (primary N) is 1. The molecule has 1 saturated heterocycles. The van der Waals surface area contributed by atoms with Gasteiger partial charge in [0.15, 0.2) is 0 Å². The van der Waals surface area contributed by atoms with Crippen LogP contribution < -0.4 is 5.73 Å². The highest BCUT2D eigenvalue weighted by Crippen LogP contribution is 2.29. The molecular weight excluding hydrogens is 81.0 g/mol. The van der Waals surface area contributed by atoms with Crippen LogP contribution >= 0.6 is 8.58 Å². The second-order valence-corrected chi connectivity index (χ2v) is 3.00. The molecule has 2 heteroatoms. The molecule has 5 heavy (non-hydrogen) atoms. The second-order valence-electron chi connectivity index (χ2n) is 1.35. The van der Waals surface area contributed by atoms with Crippen molar-refractivity contribution in [3.63, 3.8) is 0 Å². The fourth-order valence-electron chi connectivity index (χ4n) is 0.311. The maximum absolute atomic E-state index is 5.39. The topological polar surface area (TPSA) is 26.0 Å². The van der Waals surface area contributed by atoms with E-state index in [4.69, 9.17) is 5.73 Å². The van der Waals surface area contributed by atoms with E-state index in [0.29, 0.717) is 5.78 Å². The van der Waals surface area contributed by atoms with Crippen LogP contribution in [0.3, 0.4) is 0 Å². The van der Waals surface area contributed by atoms with Crippen LogP contribution in [0.25, 0.3) is 0 Å². The van der Waals surface area contributed by atoms with Gasteiger partial charge in [-0.25, -0.2) is 0 Å². The molecule has 30 valence electrons. The standard InChI is InChI=1S/C3H8NP/c4-3-1-2-5-3/h3,5H,1-2,4H2. The maximum Gasteiger partial charge on any atom is 0.0216 e. The van der Waals surface area contributed by atoms with Crippen molar-refractivity contribution in [1.82, 2.24) is 0 Å². The minimum Gasteiger partial charge on any atom is -0.324 e. The summed E-state index contributed by atoms with van der Waals surface area (Å²) in [6, 6.07) is 0. The highest BCUT2D eigenvalue weighted by Gasteiger charge is 2.09. The molecule has 2 N–H and O–H groups in total. The predicted octanol–water partition coefficient (Wildman–Crippen LogP) is 0.353. The summed E-state index contributed by atoms with van der Waals surface area (Å²) in [4.78, 5) is 0. The van der Waals surface area contributed by atoms with Crippen LogP contribution in [0.5, 0.6) is 0 Å². The summed E-state index contributed by atoms with van der Waals surface area (Å²) in [5, 5.41) is 0. The molecule has 2 unspecified atom stereocenters. The van der Waals surface area contributed by atoms with Crippen LogP contribution in [0.4, 0.5) is 0 Å². The molecule has 0 bridgehead atoms. The monoisotopic (exact) mass is 89.0 g/mol. The molecular formula is C3H8NP. The maximum atomic E-state index is 5.39. The minimum absolute atomic E-state index is 0.593. The Morgan fingerprint density at radius 1 is 1.80 bits per heavy atom. The lowest BCUT2D eigenvalue weighted by molar-refractivity contribution is 0.811. The molecule has 0 aromatic heterocycles. The zero-order chi connectivity index (χ0) is 3.70. The van der Waals surface area contributed by atoms with E-state index in [1.54, 1.807) is 0 Å². The van der Waals surface area contributed by atoms with Crippen LogP contribution in [0.2, 0.25) is 0 Å². The Morgan fingerprint density at radius 3 is 2.20 bits per heavy atom. The van der Waals surface area contributed by atoms with Crippen LogP contribution in [0.1, 0.15) is 6.42 Å². The predicted molar refractivity (Wildman–Crippen MR) is 25.8 cm³/mol. The fraction of sp³-hybridized carbons (Fsp3) is 1.00. The van der Waals surface area contributed by atoms with Crippen molar-refractivity contribution >= 4 is 8.58 Å². The van der Waals surface area contributed by atoms with E-state index in [1.165, 1.54) is 12.6 Å². The Hall–Kier alpha value is 0.390. The smallest absolute Gasteiger partial charge is 0.0216 e. The molecule has 2 atom stereocenters. The summed E-state index contributed by atoms with van der Waals surface area (Å²) < 4.78 is 0. The van der Waals surface area contributed by atoms with E-state index in [-0.39, 0.29) is 0 Å². The van der Waals surface area contributed by atoms with E-state index in [9.17, 15) is 0 Å². The van der Waals surface area contributed by atoms with Gasteiger partial charge in [-0.2, -0.15) is 0 Å². The lowest BCUT2D eigenvalue weighted by Crippen LogP contribution is -2.22. The lowest BCUT2D eigenvalue weighted by atomic mass is 10.5. The first kappa shape index (κ1) is 3.58. The van der Waals surface area contributed by atoms with Crippen LogP contribution in [-0.2, 0) is 0 Å². The van der Waals surface area contributed by atoms with Gasteiger partial charge >= 0.3 is 0 Å². The van der Waals surface area contributed by atoms with Gasteiger partial charge in [-0.05, 0) is 12.6 Å². The molecule has 1 fully saturated rings. The van der Waals surface area contributed by atoms with Crippen molar-refractivity contribution in [2.75, 3.05) is 6.16 Å². The third-order valence-electron chi connectivity index (χ3n) is 0.862. The Morgan fingerprint density at radius 2 is 2.20 bits per heavy atom. The molecule has 1 aliphatic rings. The number of rotatable bonds is 0. The zero-order valence-corrected chi connectivity index (χ0v) is 4.07. The van der Waals surface area contributed by atoms with Gasteiger partial charge in [-0.1, -0.05) is 0 Å². The largest absolute Gasteiger partial charge is 0.324 e. The van der Waals surface area contributed by atoms with Gasteiger partial charge in [0.25, 0.3) is 0 Å². The molecule has 0 saturated carbocycles. The Balaban J connectivity index is 2.08. The normalized spacial score (nSPS) is 41.4. The van der Waals surface area contributed by atoms with E-state index in [1.807, 2.05) is 0 Å². The summed E-state index contributed by atoms with van der Waals surface area (Å²) in [5.74, 6) is 0.593. The van der Waals surface area contributed by atoms with Gasteiger partial charge in [0.05, 0.1) is 0 Å². The van der Waals surface area contributed by atoms with Crippen molar-refractivity contribution in [2.24, 2.45) is 5.73 Å². The summed E-state index contributed by atoms with van der Waals surface area (Å²) in [6.45, 7) is 0. The van der Waals surface area contributed by atoms with Gasteiger partial charge in [-0.15, -0.1) is 8.58 Å². The first-order valence-corrected chi connectivity index (χ1v) is 3.17. The number of hydrogen-bond acceptors (Lipinski definition) is 1. The molecule has 1 heterocycles.